The van der Waals surface area contributed by atoms with Crippen molar-refractivity contribution in [3.8, 4) is 0 Å². The molecule has 1 aromatic carbocycles. The van der Waals surface area contributed by atoms with E-state index in [-0.39, 0.29) is 17.4 Å². The molecule has 0 radical (unpaired) electrons. The summed E-state index contributed by atoms with van der Waals surface area (Å²) >= 11 is 0. The van der Waals surface area contributed by atoms with Crippen LogP contribution in [0.4, 0.5) is 5.69 Å². The Morgan fingerprint density at radius 1 is 1.30 bits per heavy atom. The molecule has 5 heteroatoms. The SMILES string of the molecule is CC(=O)Nc1ccc(C(=O)NC(C)(CN)C2CC2)cc1. The summed E-state index contributed by atoms with van der Waals surface area (Å²) in [7, 11) is 0. The Hall–Kier alpha value is -1.88. The summed E-state index contributed by atoms with van der Waals surface area (Å²) in [6, 6.07) is 6.83. The normalized spacial score (nSPS) is 17.1. The average molecular weight is 275 g/mol. The maximum Gasteiger partial charge on any atom is 0.251 e. The Morgan fingerprint density at radius 3 is 2.35 bits per heavy atom. The third-order valence-electron chi connectivity index (χ3n) is 3.77. The molecule has 1 aliphatic carbocycles. The van der Waals surface area contributed by atoms with Crippen LogP contribution in [0.25, 0.3) is 0 Å². The Morgan fingerprint density at radius 2 is 1.90 bits per heavy atom. The lowest BCUT2D eigenvalue weighted by molar-refractivity contribution is -0.114. The van der Waals surface area contributed by atoms with Gasteiger partial charge in [-0.3, -0.25) is 9.59 Å². The van der Waals surface area contributed by atoms with E-state index in [9.17, 15) is 9.59 Å². The second-order valence-corrected chi connectivity index (χ2v) is 5.61. The second kappa shape index (κ2) is 5.63. The Bertz CT molecular complexity index is 508. The van der Waals surface area contributed by atoms with Crippen LogP contribution in [0.5, 0.6) is 0 Å². The van der Waals surface area contributed by atoms with Crippen LogP contribution in [0.15, 0.2) is 24.3 Å². The minimum Gasteiger partial charge on any atom is -0.345 e. The smallest absolute Gasteiger partial charge is 0.251 e. The molecule has 2 rings (SSSR count). The van der Waals surface area contributed by atoms with Gasteiger partial charge in [0.2, 0.25) is 5.91 Å². The first-order valence-corrected chi connectivity index (χ1v) is 6.85. The van der Waals surface area contributed by atoms with Gasteiger partial charge in [0.1, 0.15) is 0 Å². The van der Waals surface area contributed by atoms with Crippen LogP contribution >= 0.6 is 0 Å². The standard InChI is InChI=1S/C15H21N3O2/c1-10(19)17-13-7-3-11(4-8-13)14(20)18-15(2,9-16)12-5-6-12/h3-4,7-8,12H,5-6,9,16H2,1-2H3,(H,17,19)(H,18,20). The van der Waals surface area contributed by atoms with Gasteiger partial charge in [0.05, 0.1) is 5.54 Å². The summed E-state index contributed by atoms with van der Waals surface area (Å²) in [6.07, 6.45) is 2.24. The van der Waals surface area contributed by atoms with Crippen molar-refractivity contribution in [3.63, 3.8) is 0 Å². The monoisotopic (exact) mass is 275 g/mol. The van der Waals surface area contributed by atoms with Gasteiger partial charge >= 0.3 is 0 Å². The number of nitrogens with one attached hydrogen (secondary N) is 2. The summed E-state index contributed by atoms with van der Waals surface area (Å²) in [5.74, 6) is 0.223. The quantitative estimate of drug-likeness (QED) is 0.761. The molecule has 5 nitrogen and oxygen atoms in total. The van der Waals surface area contributed by atoms with Gasteiger partial charge in [-0.2, -0.15) is 0 Å². The van der Waals surface area contributed by atoms with Gasteiger partial charge in [-0.05, 0) is 49.9 Å². The zero-order valence-corrected chi connectivity index (χ0v) is 11.9. The predicted molar refractivity (Wildman–Crippen MR) is 78.4 cm³/mol. The molecule has 0 aliphatic heterocycles. The zero-order valence-electron chi connectivity index (χ0n) is 11.9. The number of nitrogens with two attached hydrogens (primary N) is 1. The van der Waals surface area contributed by atoms with Gasteiger partial charge in [-0.15, -0.1) is 0 Å². The molecule has 1 aromatic rings. The van der Waals surface area contributed by atoms with Crippen LogP contribution in [-0.2, 0) is 4.79 Å². The highest BCUT2D eigenvalue weighted by atomic mass is 16.2. The molecule has 0 aromatic heterocycles. The summed E-state index contributed by atoms with van der Waals surface area (Å²) < 4.78 is 0. The molecule has 1 aliphatic rings. The number of amides is 2. The molecule has 20 heavy (non-hydrogen) atoms. The number of anilines is 1. The van der Waals surface area contributed by atoms with Crippen LogP contribution in [-0.4, -0.2) is 23.9 Å². The van der Waals surface area contributed by atoms with Crippen molar-refractivity contribution in [3.05, 3.63) is 29.8 Å². The van der Waals surface area contributed by atoms with E-state index in [0.717, 1.165) is 12.8 Å². The molecule has 1 saturated carbocycles. The van der Waals surface area contributed by atoms with Crippen molar-refractivity contribution in [2.75, 3.05) is 11.9 Å². The molecular weight excluding hydrogens is 254 g/mol. The van der Waals surface area contributed by atoms with Crippen LogP contribution in [0.2, 0.25) is 0 Å². The Kier molecular flexibility index (Phi) is 4.09. The van der Waals surface area contributed by atoms with Crippen molar-refractivity contribution < 1.29 is 9.59 Å². The number of carbonyl (C=O) groups is 2. The average Bonchev–Trinajstić information content (AvgIpc) is 3.23. The molecule has 0 spiro atoms. The highest BCUT2D eigenvalue weighted by molar-refractivity contribution is 5.96. The number of hydrogen-bond donors (Lipinski definition) is 3. The van der Waals surface area contributed by atoms with Crippen LogP contribution in [0.1, 0.15) is 37.0 Å². The third-order valence-corrected chi connectivity index (χ3v) is 3.77. The molecular formula is C15H21N3O2. The number of hydrogen-bond acceptors (Lipinski definition) is 3. The molecule has 1 fully saturated rings. The Labute approximate surface area is 118 Å². The predicted octanol–water partition coefficient (Wildman–Crippen LogP) is 1.50. The zero-order chi connectivity index (χ0) is 14.8. The van der Waals surface area contributed by atoms with Crippen molar-refractivity contribution in [1.82, 2.24) is 5.32 Å². The first-order chi connectivity index (χ1) is 9.44. The molecule has 0 bridgehead atoms. The summed E-state index contributed by atoms with van der Waals surface area (Å²) in [4.78, 5) is 23.2. The molecule has 0 heterocycles. The van der Waals surface area contributed by atoms with Crippen LogP contribution < -0.4 is 16.4 Å². The first-order valence-electron chi connectivity index (χ1n) is 6.85. The molecule has 4 N–H and O–H groups in total. The molecule has 0 saturated heterocycles. The van der Waals surface area contributed by atoms with E-state index in [1.165, 1.54) is 6.92 Å². The lowest BCUT2D eigenvalue weighted by atomic mass is 9.95. The van der Waals surface area contributed by atoms with Crippen molar-refractivity contribution in [1.29, 1.82) is 0 Å². The van der Waals surface area contributed by atoms with Crippen molar-refractivity contribution >= 4 is 17.5 Å². The molecule has 1 unspecified atom stereocenters. The van der Waals surface area contributed by atoms with Crippen LogP contribution in [0, 0.1) is 5.92 Å². The summed E-state index contributed by atoms with van der Waals surface area (Å²) in [6.45, 7) is 3.88. The van der Waals surface area contributed by atoms with E-state index in [0.29, 0.717) is 23.7 Å². The second-order valence-electron chi connectivity index (χ2n) is 5.61. The minimum atomic E-state index is -0.326. The molecule has 1 atom stereocenters. The maximum atomic E-state index is 12.2. The van der Waals surface area contributed by atoms with Crippen LogP contribution in [0.3, 0.4) is 0 Å². The fourth-order valence-electron chi connectivity index (χ4n) is 2.28. The van der Waals surface area contributed by atoms with Crippen molar-refractivity contribution in [2.45, 2.75) is 32.2 Å². The lowest BCUT2D eigenvalue weighted by Crippen LogP contribution is -2.53. The van der Waals surface area contributed by atoms with Gasteiger partial charge in [-0.25, -0.2) is 0 Å². The number of benzene rings is 1. The van der Waals surface area contributed by atoms with Gasteiger partial charge in [-0.1, -0.05) is 0 Å². The molecule has 108 valence electrons. The first kappa shape index (κ1) is 14.5. The van der Waals surface area contributed by atoms with Gasteiger partial charge in [0, 0.05) is 24.7 Å². The van der Waals surface area contributed by atoms with E-state index >= 15 is 0 Å². The largest absolute Gasteiger partial charge is 0.345 e. The topological polar surface area (TPSA) is 84.2 Å². The van der Waals surface area contributed by atoms with E-state index < -0.39 is 0 Å². The number of rotatable bonds is 5. The third kappa shape index (κ3) is 3.36. The fraction of sp³-hybridized carbons (Fsp3) is 0.467. The van der Waals surface area contributed by atoms with E-state index in [4.69, 9.17) is 5.73 Å². The van der Waals surface area contributed by atoms with Gasteiger partial charge in [0.15, 0.2) is 0 Å². The van der Waals surface area contributed by atoms with E-state index in [2.05, 4.69) is 10.6 Å². The van der Waals surface area contributed by atoms with E-state index in [1.54, 1.807) is 24.3 Å². The van der Waals surface area contributed by atoms with E-state index in [1.807, 2.05) is 6.92 Å². The highest BCUT2D eigenvalue weighted by Gasteiger charge is 2.41. The summed E-state index contributed by atoms with van der Waals surface area (Å²) in [5, 5.41) is 5.70. The maximum absolute atomic E-state index is 12.2. The fourth-order valence-corrected chi connectivity index (χ4v) is 2.28. The van der Waals surface area contributed by atoms with Gasteiger partial charge < -0.3 is 16.4 Å². The minimum absolute atomic E-state index is 0.126. The summed E-state index contributed by atoms with van der Waals surface area (Å²) in [5.41, 5.74) is 6.71. The van der Waals surface area contributed by atoms with Crippen molar-refractivity contribution in [2.24, 2.45) is 11.7 Å². The lowest BCUT2D eigenvalue weighted by Gasteiger charge is -2.29. The molecule has 2 amide bonds. The van der Waals surface area contributed by atoms with Gasteiger partial charge in [0.25, 0.3) is 5.91 Å². The highest BCUT2D eigenvalue weighted by Crippen LogP contribution is 2.39. The Balaban J connectivity index is 2.03. The number of carbonyl (C=O) groups excluding carboxylic acids is 2.